The summed E-state index contributed by atoms with van der Waals surface area (Å²) in [6.45, 7) is 5.72. The third-order valence-corrected chi connectivity index (χ3v) is 4.09. The highest BCUT2D eigenvalue weighted by atomic mass is 16.5. The number of rotatable bonds is 3. The molecule has 2 atom stereocenters. The highest BCUT2D eigenvalue weighted by molar-refractivity contribution is 5.60. The summed E-state index contributed by atoms with van der Waals surface area (Å²) in [5.74, 6) is 0. The van der Waals surface area contributed by atoms with Gasteiger partial charge in [-0.05, 0) is 32.7 Å². The summed E-state index contributed by atoms with van der Waals surface area (Å²) in [4.78, 5) is 13.8. The SMILES string of the molecule is CC1CCCCCN1CC1(C=O)CCOC1. The normalized spacial score (nSPS) is 37.2. The van der Waals surface area contributed by atoms with Gasteiger partial charge in [0.15, 0.2) is 0 Å². The van der Waals surface area contributed by atoms with E-state index in [-0.39, 0.29) is 5.41 Å². The fourth-order valence-corrected chi connectivity index (χ4v) is 2.85. The molecule has 3 heteroatoms. The van der Waals surface area contributed by atoms with E-state index in [4.69, 9.17) is 4.74 Å². The second-order valence-corrected chi connectivity index (χ2v) is 5.45. The standard InChI is InChI=1S/C13H23NO2/c1-12-5-3-2-4-7-14(12)9-13(10-15)6-8-16-11-13/h10,12H,2-9,11H2,1H3. The van der Waals surface area contributed by atoms with E-state index in [0.29, 0.717) is 12.6 Å². The first-order valence-electron chi connectivity index (χ1n) is 6.54. The Morgan fingerprint density at radius 1 is 1.44 bits per heavy atom. The Kier molecular flexibility index (Phi) is 3.98. The van der Waals surface area contributed by atoms with Crippen LogP contribution in [0.4, 0.5) is 0 Å². The molecule has 0 amide bonds. The fraction of sp³-hybridized carbons (Fsp3) is 0.923. The topological polar surface area (TPSA) is 29.5 Å². The van der Waals surface area contributed by atoms with Gasteiger partial charge in [-0.15, -0.1) is 0 Å². The maximum Gasteiger partial charge on any atom is 0.129 e. The maximum atomic E-state index is 11.3. The van der Waals surface area contributed by atoms with E-state index >= 15 is 0 Å². The van der Waals surface area contributed by atoms with E-state index in [0.717, 1.165) is 32.4 Å². The quantitative estimate of drug-likeness (QED) is 0.687. The van der Waals surface area contributed by atoms with Crippen molar-refractivity contribution in [2.75, 3.05) is 26.3 Å². The van der Waals surface area contributed by atoms with Crippen molar-refractivity contribution in [1.29, 1.82) is 0 Å². The first-order valence-corrected chi connectivity index (χ1v) is 6.54. The van der Waals surface area contributed by atoms with Crippen LogP contribution in [0, 0.1) is 5.41 Å². The lowest BCUT2D eigenvalue weighted by molar-refractivity contribution is -0.117. The van der Waals surface area contributed by atoms with Gasteiger partial charge in [-0.3, -0.25) is 4.90 Å². The molecule has 0 saturated carbocycles. The molecule has 2 heterocycles. The molecule has 2 saturated heterocycles. The van der Waals surface area contributed by atoms with Crippen LogP contribution in [0.1, 0.15) is 39.0 Å². The van der Waals surface area contributed by atoms with Crippen molar-refractivity contribution in [2.45, 2.75) is 45.1 Å². The third-order valence-electron chi connectivity index (χ3n) is 4.09. The molecule has 2 rings (SSSR count). The van der Waals surface area contributed by atoms with Gasteiger partial charge in [0.05, 0.1) is 12.0 Å². The van der Waals surface area contributed by atoms with Crippen LogP contribution in [0.3, 0.4) is 0 Å². The first-order chi connectivity index (χ1) is 7.76. The number of carbonyl (C=O) groups is 1. The molecule has 0 N–H and O–H groups in total. The van der Waals surface area contributed by atoms with Gasteiger partial charge >= 0.3 is 0 Å². The van der Waals surface area contributed by atoms with Crippen LogP contribution in [0.2, 0.25) is 0 Å². The van der Waals surface area contributed by atoms with Gasteiger partial charge in [0, 0.05) is 19.2 Å². The molecule has 0 radical (unpaired) electrons. The summed E-state index contributed by atoms with van der Waals surface area (Å²) in [7, 11) is 0. The average Bonchev–Trinajstić information content (AvgIpc) is 2.67. The Balaban J connectivity index is 1.97. The van der Waals surface area contributed by atoms with Gasteiger partial charge in [0.25, 0.3) is 0 Å². The van der Waals surface area contributed by atoms with Gasteiger partial charge in [-0.2, -0.15) is 0 Å². The number of carbonyl (C=O) groups excluding carboxylic acids is 1. The summed E-state index contributed by atoms with van der Waals surface area (Å²) < 4.78 is 5.40. The zero-order valence-corrected chi connectivity index (χ0v) is 10.3. The molecule has 2 fully saturated rings. The van der Waals surface area contributed by atoms with Gasteiger partial charge in [-0.1, -0.05) is 12.8 Å². The van der Waals surface area contributed by atoms with Crippen LogP contribution in [-0.4, -0.2) is 43.5 Å². The molecule has 0 aromatic carbocycles. The van der Waals surface area contributed by atoms with E-state index < -0.39 is 0 Å². The second kappa shape index (κ2) is 5.28. The lowest BCUT2D eigenvalue weighted by Gasteiger charge is -2.33. The first kappa shape index (κ1) is 12.1. The number of ether oxygens (including phenoxy) is 1. The number of aldehydes is 1. The summed E-state index contributed by atoms with van der Waals surface area (Å²) in [6.07, 6.45) is 7.26. The van der Waals surface area contributed by atoms with Crippen molar-refractivity contribution in [3.8, 4) is 0 Å². The predicted octanol–water partition coefficient (Wildman–Crippen LogP) is 1.86. The molecule has 0 spiro atoms. The molecule has 2 aliphatic heterocycles. The van der Waals surface area contributed by atoms with Crippen molar-refractivity contribution < 1.29 is 9.53 Å². The highest BCUT2D eigenvalue weighted by Crippen LogP contribution is 2.29. The summed E-state index contributed by atoms with van der Waals surface area (Å²) in [5.41, 5.74) is -0.210. The molecule has 2 aliphatic rings. The Labute approximate surface area is 98.1 Å². The minimum Gasteiger partial charge on any atom is -0.380 e. The van der Waals surface area contributed by atoms with Gasteiger partial charge in [0.1, 0.15) is 6.29 Å². The van der Waals surface area contributed by atoms with Crippen molar-refractivity contribution in [1.82, 2.24) is 4.90 Å². The van der Waals surface area contributed by atoms with Gasteiger partial charge in [-0.25, -0.2) is 0 Å². The van der Waals surface area contributed by atoms with E-state index in [1.165, 1.54) is 25.7 Å². The van der Waals surface area contributed by atoms with Crippen LogP contribution in [0.5, 0.6) is 0 Å². The minimum atomic E-state index is -0.210. The number of hydrogen-bond acceptors (Lipinski definition) is 3. The monoisotopic (exact) mass is 225 g/mol. The molecule has 16 heavy (non-hydrogen) atoms. The van der Waals surface area contributed by atoms with Crippen LogP contribution in [0.15, 0.2) is 0 Å². The Morgan fingerprint density at radius 2 is 2.31 bits per heavy atom. The lowest BCUT2D eigenvalue weighted by atomic mass is 9.88. The molecule has 0 aromatic heterocycles. The number of hydrogen-bond donors (Lipinski definition) is 0. The Bertz CT molecular complexity index is 236. The molecule has 92 valence electrons. The highest BCUT2D eigenvalue weighted by Gasteiger charge is 2.37. The van der Waals surface area contributed by atoms with Crippen LogP contribution < -0.4 is 0 Å². The van der Waals surface area contributed by atoms with E-state index in [1.807, 2.05) is 0 Å². The molecule has 3 nitrogen and oxygen atoms in total. The zero-order chi connectivity index (χ0) is 11.4. The van der Waals surface area contributed by atoms with Crippen molar-refractivity contribution in [3.05, 3.63) is 0 Å². The average molecular weight is 225 g/mol. The second-order valence-electron chi connectivity index (χ2n) is 5.45. The molecule has 0 aliphatic carbocycles. The summed E-state index contributed by atoms with van der Waals surface area (Å²) in [5, 5.41) is 0. The molecular weight excluding hydrogens is 202 g/mol. The molecule has 2 unspecified atom stereocenters. The maximum absolute atomic E-state index is 11.3. The van der Waals surface area contributed by atoms with Gasteiger partial charge < -0.3 is 9.53 Å². The van der Waals surface area contributed by atoms with E-state index in [1.54, 1.807) is 0 Å². The third kappa shape index (κ3) is 2.64. The summed E-state index contributed by atoms with van der Waals surface area (Å²) in [6, 6.07) is 0.625. The van der Waals surface area contributed by atoms with Crippen LogP contribution in [0.25, 0.3) is 0 Å². The fourth-order valence-electron chi connectivity index (χ4n) is 2.85. The van der Waals surface area contributed by atoms with Crippen molar-refractivity contribution in [3.63, 3.8) is 0 Å². The molecule has 0 bridgehead atoms. The Hall–Kier alpha value is -0.410. The summed E-state index contributed by atoms with van der Waals surface area (Å²) >= 11 is 0. The molecule has 0 aromatic rings. The Morgan fingerprint density at radius 3 is 3.00 bits per heavy atom. The minimum absolute atomic E-state index is 0.210. The number of likely N-dealkylation sites (tertiary alicyclic amines) is 1. The van der Waals surface area contributed by atoms with Crippen molar-refractivity contribution >= 4 is 6.29 Å². The number of nitrogens with zero attached hydrogens (tertiary/aromatic N) is 1. The largest absolute Gasteiger partial charge is 0.380 e. The lowest BCUT2D eigenvalue weighted by Crippen LogP contribution is -2.43. The van der Waals surface area contributed by atoms with Crippen LogP contribution in [-0.2, 0) is 9.53 Å². The van der Waals surface area contributed by atoms with Crippen molar-refractivity contribution in [2.24, 2.45) is 5.41 Å². The van der Waals surface area contributed by atoms with Gasteiger partial charge in [0.2, 0.25) is 0 Å². The zero-order valence-electron chi connectivity index (χ0n) is 10.3. The smallest absolute Gasteiger partial charge is 0.129 e. The van der Waals surface area contributed by atoms with Crippen LogP contribution >= 0.6 is 0 Å². The van der Waals surface area contributed by atoms with E-state index in [2.05, 4.69) is 11.8 Å². The molecular formula is C13H23NO2. The van der Waals surface area contributed by atoms with E-state index in [9.17, 15) is 4.79 Å². The predicted molar refractivity (Wildman–Crippen MR) is 63.4 cm³/mol.